The summed E-state index contributed by atoms with van der Waals surface area (Å²) in [5.41, 5.74) is 3.03. The Balaban J connectivity index is 1.88. The van der Waals surface area contributed by atoms with Crippen LogP contribution in [0.25, 0.3) is 0 Å². The lowest BCUT2D eigenvalue weighted by Gasteiger charge is -2.11. The molecule has 130 valence electrons. The maximum atomic E-state index is 9.77. The molecule has 5 nitrogen and oxygen atoms in total. The second-order valence-corrected chi connectivity index (χ2v) is 5.92. The molecule has 0 bridgehead atoms. The molecule has 0 aromatic heterocycles. The van der Waals surface area contributed by atoms with Crippen molar-refractivity contribution in [3.8, 4) is 17.2 Å². The van der Waals surface area contributed by atoms with Gasteiger partial charge in [-0.1, -0.05) is 18.0 Å². The zero-order valence-electron chi connectivity index (χ0n) is 14.3. The molecule has 2 aromatic carbocycles. The summed E-state index contributed by atoms with van der Waals surface area (Å²) in [6.45, 7) is 1.57. The fourth-order valence-corrected chi connectivity index (χ4v) is 2.75. The van der Waals surface area contributed by atoms with E-state index in [0.29, 0.717) is 0 Å². The lowest BCUT2D eigenvalue weighted by molar-refractivity contribution is 0.393. The number of phenolic OH excluding ortho intramolecular Hbond substituents is 1. The van der Waals surface area contributed by atoms with Crippen molar-refractivity contribution in [2.75, 3.05) is 31.7 Å². The van der Waals surface area contributed by atoms with Crippen LogP contribution in [0.2, 0.25) is 0 Å². The number of benzene rings is 2. The second kappa shape index (κ2) is 9.30. The van der Waals surface area contributed by atoms with Crippen LogP contribution < -0.4 is 19.5 Å². The molecule has 2 rings (SSSR count). The van der Waals surface area contributed by atoms with Gasteiger partial charge in [-0.15, -0.1) is 0 Å². The summed E-state index contributed by atoms with van der Waals surface area (Å²) in [5.74, 6) is 1.85. The van der Waals surface area contributed by atoms with Gasteiger partial charge >= 0.3 is 0 Å². The van der Waals surface area contributed by atoms with E-state index in [1.165, 1.54) is 17.5 Å². The maximum absolute atomic E-state index is 9.77. The Kier molecular flexibility index (Phi) is 7.08. The Hall–Kier alpha value is -2.05. The summed E-state index contributed by atoms with van der Waals surface area (Å²) in [6, 6.07) is 11.5. The fourth-order valence-electron chi connectivity index (χ4n) is 2.36. The number of nitrogens with one attached hydrogen (secondary N) is 2. The molecule has 0 radical (unpaired) electrons. The van der Waals surface area contributed by atoms with Crippen molar-refractivity contribution in [2.45, 2.75) is 13.0 Å². The van der Waals surface area contributed by atoms with Crippen molar-refractivity contribution in [1.29, 1.82) is 0 Å². The third kappa shape index (κ3) is 5.25. The highest BCUT2D eigenvalue weighted by atomic mass is 32.2. The number of hydrogen-bond donors (Lipinski definition) is 3. The number of methoxy groups -OCH3 is 2. The van der Waals surface area contributed by atoms with Crippen molar-refractivity contribution >= 4 is 17.6 Å². The molecule has 0 heterocycles. The number of rotatable bonds is 9. The molecule has 0 spiro atoms. The van der Waals surface area contributed by atoms with Crippen molar-refractivity contribution in [3.63, 3.8) is 0 Å². The molecule has 0 unspecified atom stereocenters. The zero-order chi connectivity index (χ0) is 17.4. The van der Waals surface area contributed by atoms with Crippen molar-refractivity contribution in [2.24, 2.45) is 0 Å². The summed E-state index contributed by atoms with van der Waals surface area (Å²) in [6.07, 6.45) is 2.81. The van der Waals surface area contributed by atoms with Gasteiger partial charge in [0, 0.05) is 18.9 Å². The quantitative estimate of drug-likeness (QED) is 0.367. The van der Waals surface area contributed by atoms with Gasteiger partial charge in [-0.25, -0.2) is 0 Å². The predicted octanol–water partition coefficient (Wildman–Crippen LogP) is 3.43. The smallest absolute Gasteiger partial charge is 0.139 e. The number of ether oxygens (including phenoxy) is 2. The monoisotopic (exact) mass is 348 g/mol. The first-order valence-electron chi connectivity index (χ1n) is 7.70. The molecule has 0 saturated carbocycles. The Morgan fingerprint density at radius 3 is 2.33 bits per heavy atom. The molecule has 0 amide bonds. The minimum Gasteiger partial charge on any atom is -0.506 e. The van der Waals surface area contributed by atoms with Crippen LogP contribution in [0.4, 0.5) is 5.69 Å². The fraction of sp³-hybridized carbons (Fsp3) is 0.333. The lowest BCUT2D eigenvalue weighted by atomic mass is 10.1. The molecule has 24 heavy (non-hydrogen) atoms. The van der Waals surface area contributed by atoms with E-state index in [4.69, 9.17) is 9.47 Å². The standard InChI is InChI=1S/C18H24N2O3S/c1-22-15-8-14(9-16(11-15)23-2)12-19-7-6-13-4-5-18(21)17(10-13)20-24-3/h4-5,8-11,19-21H,6-7,12H2,1-3H3. The topological polar surface area (TPSA) is 62.8 Å². The molecule has 6 heteroatoms. The van der Waals surface area contributed by atoms with E-state index in [2.05, 4.69) is 10.0 Å². The van der Waals surface area contributed by atoms with Gasteiger partial charge in [0.05, 0.1) is 19.9 Å². The Labute approximate surface area is 147 Å². The van der Waals surface area contributed by atoms with Crippen LogP contribution in [0.5, 0.6) is 17.2 Å². The minimum absolute atomic E-state index is 0.268. The van der Waals surface area contributed by atoms with Gasteiger partial charge in [0.1, 0.15) is 17.2 Å². The van der Waals surface area contributed by atoms with Crippen molar-refractivity contribution < 1.29 is 14.6 Å². The van der Waals surface area contributed by atoms with Gasteiger partial charge in [0.25, 0.3) is 0 Å². The largest absolute Gasteiger partial charge is 0.506 e. The van der Waals surface area contributed by atoms with Crippen LogP contribution in [0.15, 0.2) is 36.4 Å². The predicted molar refractivity (Wildman–Crippen MR) is 100 cm³/mol. The van der Waals surface area contributed by atoms with Crippen LogP contribution in [-0.4, -0.2) is 32.1 Å². The van der Waals surface area contributed by atoms with Gasteiger partial charge in [-0.05, 0) is 48.4 Å². The van der Waals surface area contributed by atoms with Gasteiger partial charge in [0.2, 0.25) is 0 Å². The third-order valence-corrected chi connectivity index (χ3v) is 4.03. The highest BCUT2D eigenvalue weighted by Gasteiger charge is 2.04. The summed E-state index contributed by atoms with van der Waals surface area (Å²) in [7, 11) is 3.30. The average Bonchev–Trinajstić information content (AvgIpc) is 2.61. The van der Waals surface area contributed by atoms with Crippen LogP contribution >= 0.6 is 11.9 Å². The highest BCUT2D eigenvalue weighted by Crippen LogP contribution is 2.26. The van der Waals surface area contributed by atoms with Gasteiger partial charge in [0.15, 0.2) is 0 Å². The van der Waals surface area contributed by atoms with Crippen molar-refractivity contribution in [1.82, 2.24) is 5.32 Å². The van der Waals surface area contributed by atoms with Crippen LogP contribution in [-0.2, 0) is 13.0 Å². The Bertz CT molecular complexity index is 642. The minimum atomic E-state index is 0.268. The van der Waals surface area contributed by atoms with Crippen molar-refractivity contribution in [3.05, 3.63) is 47.5 Å². The number of anilines is 1. The van der Waals surface area contributed by atoms with Crippen LogP contribution in [0.1, 0.15) is 11.1 Å². The molecule has 0 aliphatic carbocycles. The van der Waals surface area contributed by atoms with Crippen LogP contribution in [0, 0.1) is 0 Å². The zero-order valence-corrected chi connectivity index (χ0v) is 15.1. The molecule has 0 atom stereocenters. The van der Waals surface area contributed by atoms with E-state index in [1.807, 2.05) is 36.6 Å². The van der Waals surface area contributed by atoms with Gasteiger partial charge < -0.3 is 24.6 Å². The van der Waals surface area contributed by atoms with E-state index < -0.39 is 0 Å². The van der Waals surface area contributed by atoms with E-state index in [0.717, 1.165) is 42.3 Å². The molecule has 0 aliphatic rings. The average molecular weight is 348 g/mol. The van der Waals surface area contributed by atoms with E-state index in [9.17, 15) is 5.11 Å². The van der Waals surface area contributed by atoms with Gasteiger partial charge in [-0.2, -0.15) is 0 Å². The molecular weight excluding hydrogens is 324 g/mol. The number of phenols is 1. The second-order valence-electron chi connectivity index (χ2n) is 5.31. The first kappa shape index (κ1) is 18.3. The summed E-state index contributed by atoms with van der Waals surface area (Å²) in [5, 5.41) is 13.2. The summed E-state index contributed by atoms with van der Waals surface area (Å²) in [4.78, 5) is 0. The number of hydrogen-bond acceptors (Lipinski definition) is 6. The molecule has 3 N–H and O–H groups in total. The molecular formula is C18H24N2O3S. The molecule has 0 aliphatic heterocycles. The van der Waals surface area contributed by atoms with Crippen LogP contribution in [0.3, 0.4) is 0 Å². The lowest BCUT2D eigenvalue weighted by Crippen LogP contribution is -2.16. The molecule has 0 fully saturated rings. The Morgan fingerprint density at radius 2 is 1.71 bits per heavy atom. The highest BCUT2D eigenvalue weighted by molar-refractivity contribution is 7.99. The van der Waals surface area contributed by atoms with E-state index in [1.54, 1.807) is 20.3 Å². The van der Waals surface area contributed by atoms with E-state index in [-0.39, 0.29) is 5.75 Å². The normalized spacial score (nSPS) is 10.5. The summed E-state index contributed by atoms with van der Waals surface area (Å²) >= 11 is 1.46. The molecule has 2 aromatic rings. The summed E-state index contributed by atoms with van der Waals surface area (Å²) < 4.78 is 13.6. The SMILES string of the molecule is COc1cc(CNCCc2ccc(O)c(NSC)c2)cc(OC)c1. The first-order chi connectivity index (χ1) is 11.7. The third-order valence-electron chi connectivity index (χ3n) is 3.60. The number of aromatic hydroxyl groups is 1. The maximum Gasteiger partial charge on any atom is 0.139 e. The van der Waals surface area contributed by atoms with E-state index >= 15 is 0 Å². The Morgan fingerprint density at radius 1 is 1.00 bits per heavy atom. The first-order valence-corrected chi connectivity index (χ1v) is 8.92. The van der Waals surface area contributed by atoms with Gasteiger partial charge in [-0.3, -0.25) is 0 Å². The molecule has 0 saturated heterocycles.